The van der Waals surface area contributed by atoms with E-state index in [1.165, 1.54) is 0 Å². The SMILES string of the molecule is O=C(c1cccc(Cl)c1)c1ccccc1Oc1ccccn1. The summed E-state index contributed by atoms with van der Waals surface area (Å²) in [5, 5.41) is 0.522. The summed E-state index contributed by atoms with van der Waals surface area (Å²) in [6, 6.07) is 19.3. The lowest BCUT2D eigenvalue weighted by atomic mass is 10.0. The summed E-state index contributed by atoms with van der Waals surface area (Å²) < 4.78 is 5.72. The van der Waals surface area contributed by atoms with Crippen molar-refractivity contribution in [1.82, 2.24) is 4.98 Å². The van der Waals surface area contributed by atoms with Gasteiger partial charge in [0.25, 0.3) is 0 Å². The molecule has 0 atom stereocenters. The maximum Gasteiger partial charge on any atom is 0.219 e. The second kappa shape index (κ2) is 6.41. The third-order valence-corrected chi connectivity index (χ3v) is 3.31. The largest absolute Gasteiger partial charge is 0.438 e. The van der Waals surface area contributed by atoms with Crippen molar-refractivity contribution in [2.75, 3.05) is 0 Å². The molecule has 0 bridgehead atoms. The van der Waals surface area contributed by atoms with Gasteiger partial charge in [-0.3, -0.25) is 4.79 Å². The van der Waals surface area contributed by atoms with Gasteiger partial charge in [0.05, 0.1) is 5.56 Å². The maximum atomic E-state index is 12.7. The fraction of sp³-hybridized carbons (Fsp3) is 0. The summed E-state index contributed by atoms with van der Waals surface area (Å²) in [6.07, 6.45) is 1.64. The van der Waals surface area contributed by atoms with Gasteiger partial charge in [0, 0.05) is 22.8 Å². The highest BCUT2D eigenvalue weighted by molar-refractivity contribution is 6.31. The van der Waals surface area contributed by atoms with Crippen LogP contribution < -0.4 is 4.74 Å². The van der Waals surface area contributed by atoms with E-state index in [0.29, 0.717) is 27.8 Å². The highest BCUT2D eigenvalue weighted by Gasteiger charge is 2.15. The van der Waals surface area contributed by atoms with Crippen LogP contribution in [0.25, 0.3) is 0 Å². The second-order valence-corrected chi connectivity index (χ2v) is 5.04. The number of carbonyl (C=O) groups excluding carboxylic acids is 1. The van der Waals surface area contributed by atoms with E-state index in [1.54, 1.807) is 60.8 Å². The predicted molar refractivity (Wildman–Crippen MR) is 85.6 cm³/mol. The number of nitrogens with zero attached hydrogens (tertiary/aromatic N) is 1. The molecule has 0 aliphatic heterocycles. The Kier molecular flexibility index (Phi) is 4.17. The minimum Gasteiger partial charge on any atom is -0.438 e. The second-order valence-electron chi connectivity index (χ2n) is 4.61. The quantitative estimate of drug-likeness (QED) is 0.652. The van der Waals surface area contributed by atoms with Crippen LogP contribution in [0.3, 0.4) is 0 Å². The monoisotopic (exact) mass is 309 g/mol. The Morgan fingerprint density at radius 3 is 2.55 bits per heavy atom. The van der Waals surface area contributed by atoms with E-state index in [4.69, 9.17) is 16.3 Å². The van der Waals surface area contributed by atoms with Gasteiger partial charge in [0.2, 0.25) is 5.88 Å². The summed E-state index contributed by atoms with van der Waals surface area (Å²) in [5.41, 5.74) is 0.986. The molecule has 0 radical (unpaired) electrons. The van der Waals surface area contributed by atoms with Gasteiger partial charge in [-0.15, -0.1) is 0 Å². The lowest BCUT2D eigenvalue weighted by Gasteiger charge is -2.09. The van der Waals surface area contributed by atoms with Gasteiger partial charge >= 0.3 is 0 Å². The first-order valence-corrected chi connectivity index (χ1v) is 7.10. The van der Waals surface area contributed by atoms with Crippen LogP contribution in [0, 0.1) is 0 Å². The smallest absolute Gasteiger partial charge is 0.219 e. The number of hydrogen-bond acceptors (Lipinski definition) is 3. The molecule has 0 N–H and O–H groups in total. The van der Waals surface area contributed by atoms with Crippen LogP contribution >= 0.6 is 11.6 Å². The van der Waals surface area contributed by atoms with E-state index in [1.807, 2.05) is 12.1 Å². The summed E-state index contributed by atoms with van der Waals surface area (Å²) >= 11 is 5.95. The van der Waals surface area contributed by atoms with Crippen LogP contribution in [-0.2, 0) is 0 Å². The standard InChI is InChI=1S/C18H12ClNO2/c19-14-7-5-6-13(12-14)18(21)15-8-1-2-9-16(15)22-17-10-3-4-11-20-17/h1-12H. The van der Waals surface area contributed by atoms with Crippen LogP contribution in [0.15, 0.2) is 72.9 Å². The van der Waals surface area contributed by atoms with Gasteiger partial charge < -0.3 is 4.74 Å². The van der Waals surface area contributed by atoms with Gasteiger partial charge in [0.15, 0.2) is 5.78 Å². The van der Waals surface area contributed by atoms with Gasteiger partial charge in [-0.25, -0.2) is 4.98 Å². The van der Waals surface area contributed by atoms with E-state index >= 15 is 0 Å². The summed E-state index contributed by atoms with van der Waals surface area (Å²) in [5.74, 6) is 0.758. The Bertz CT molecular complexity index is 803. The van der Waals surface area contributed by atoms with E-state index in [9.17, 15) is 4.79 Å². The van der Waals surface area contributed by atoms with Crippen LogP contribution in [0.4, 0.5) is 0 Å². The average Bonchev–Trinajstić information content (AvgIpc) is 2.56. The molecule has 2 aromatic carbocycles. The molecule has 0 fully saturated rings. The van der Waals surface area contributed by atoms with Crippen molar-refractivity contribution in [1.29, 1.82) is 0 Å². The number of pyridine rings is 1. The van der Waals surface area contributed by atoms with Crippen LogP contribution in [0.1, 0.15) is 15.9 Å². The van der Waals surface area contributed by atoms with Crippen molar-refractivity contribution < 1.29 is 9.53 Å². The predicted octanol–water partition coefficient (Wildman–Crippen LogP) is 4.76. The first-order chi connectivity index (χ1) is 10.7. The van der Waals surface area contributed by atoms with Crippen LogP contribution in [0.2, 0.25) is 5.02 Å². The molecule has 4 heteroatoms. The molecule has 1 aromatic heterocycles. The van der Waals surface area contributed by atoms with Crippen LogP contribution in [-0.4, -0.2) is 10.8 Å². The first-order valence-electron chi connectivity index (χ1n) is 6.72. The topological polar surface area (TPSA) is 39.2 Å². The van der Waals surface area contributed by atoms with Gasteiger partial charge in [-0.05, 0) is 30.3 Å². The van der Waals surface area contributed by atoms with E-state index in [0.717, 1.165) is 0 Å². The number of benzene rings is 2. The molecule has 1 heterocycles. The summed E-state index contributed by atoms with van der Waals surface area (Å²) in [6.45, 7) is 0. The molecule has 0 aliphatic carbocycles. The molecule has 3 nitrogen and oxygen atoms in total. The number of aromatic nitrogens is 1. The van der Waals surface area contributed by atoms with E-state index in [-0.39, 0.29) is 5.78 Å². The molecule has 3 aromatic rings. The van der Waals surface area contributed by atoms with Crippen LogP contribution in [0.5, 0.6) is 11.6 Å². The zero-order chi connectivity index (χ0) is 15.4. The van der Waals surface area contributed by atoms with Gasteiger partial charge in [0.1, 0.15) is 5.75 Å². The normalized spacial score (nSPS) is 10.2. The van der Waals surface area contributed by atoms with Gasteiger partial charge in [-0.2, -0.15) is 0 Å². The average molecular weight is 310 g/mol. The first kappa shape index (κ1) is 14.3. The maximum absolute atomic E-state index is 12.7. The lowest BCUT2D eigenvalue weighted by Crippen LogP contribution is -2.03. The highest BCUT2D eigenvalue weighted by atomic mass is 35.5. The van der Waals surface area contributed by atoms with Crippen molar-refractivity contribution in [2.24, 2.45) is 0 Å². The number of carbonyl (C=O) groups is 1. The van der Waals surface area contributed by atoms with Crippen molar-refractivity contribution in [3.8, 4) is 11.6 Å². The zero-order valence-corrected chi connectivity index (χ0v) is 12.3. The Morgan fingerprint density at radius 1 is 0.955 bits per heavy atom. The highest BCUT2D eigenvalue weighted by Crippen LogP contribution is 2.26. The third-order valence-electron chi connectivity index (χ3n) is 3.07. The minimum atomic E-state index is -0.144. The number of ketones is 1. The molecular weight excluding hydrogens is 298 g/mol. The molecule has 3 rings (SSSR count). The van der Waals surface area contributed by atoms with Crippen molar-refractivity contribution in [3.63, 3.8) is 0 Å². The fourth-order valence-electron chi connectivity index (χ4n) is 2.05. The number of para-hydroxylation sites is 1. The number of rotatable bonds is 4. The number of halogens is 1. The van der Waals surface area contributed by atoms with E-state index < -0.39 is 0 Å². The van der Waals surface area contributed by atoms with Crippen molar-refractivity contribution in [2.45, 2.75) is 0 Å². The Morgan fingerprint density at radius 2 is 1.77 bits per heavy atom. The third kappa shape index (κ3) is 3.15. The molecule has 0 saturated heterocycles. The molecule has 0 amide bonds. The van der Waals surface area contributed by atoms with Crippen molar-refractivity contribution >= 4 is 17.4 Å². The Hall–Kier alpha value is -2.65. The molecule has 0 spiro atoms. The minimum absolute atomic E-state index is 0.144. The number of hydrogen-bond donors (Lipinski definition) is 0. The molecule has 0 unspecified atom stereocenters. The summed E-state index contributed by atoms with van der Waals surface area (Å²) in [4.78, 5) is 16.8. The molecule has 108 valence electrons. The van der Waals surface area contributed by atoms with Crippen molar-refractivity contribution in [3.05, 3.63) is 89.1 Å². The lowest BCUT2D eigenvalue weighted by molar-refractivity contribution is 0.103. The molecule has 22 heavy (non-hydrogen) atoms. The van der Waals surface area contributed by atoms with E-state index in [2.05, 4.69) is 4.98 Å². The zero-order valence-electron chi connectivity index (χ0n) is 11.6. The molecule has 0 saturated carbocycles. The Balaban J connectivity index is 1.96. The molecule has 0 aliphatic rings. The summed E-state index contributed by atoms with van der Waals surface area (Å²) in [7, 11) is 0. The van der Waals surface area contributed by atoms with Gasteiger partial charge in [-0.1, -0.05) is 41.9 Å². The molecular formula is C18H12ClNO2. The Labute approximate surface area is 133 Å². The fourth-order valence-corrected chi connectivity index (χ4v) is 2.24. The number of ether oxygens (including phenoxy) is 1.